The summed E-state index contributed by atoms with van der Waals surface area (Å²) in [7, 11) is 3.90. The maximum atomic E-state index is 4.52. The molecule has 2 atom stereocenters. The number of rotatable bonds is 4. The summed E-state index contributed by atoms with van der Waals surface area (Å²) in [5.41, 5.74) is 2.51. The van der Waals surface area contributed by atoms with E-state index in [1.165, 1.54) is 12.0 Å². The number of aryl methyl sites for hydroxylation is 1. The number of aromatic nitrogens is 1. The predicted molar refractivity (Wildman–Crippen MR) is 92.4 cm³/mol. The summed E-state index contributed by atoms with van der Waals surface area (Å²) in [6.45, 7) is 2.82. The van der Waals surface area contributed by atoms with Crippen LogP contribution in [-0.2, 0) is 6.54 Å². The molecule has 0 aliphatic heterocycles. The summed E-state index contributed by atoms with van der Waals surface area (Å²) in [6.07, 6.45) is 1.17. The van der Waals surface area contributed by atoms with E-state index >= 15 is 0 Å². The third kappa shape index (κ3) is 3.47. The number of benzene rings is 1. The molecule has 1 aliphatic carbocycles. The summed E-state index contributed by atoms with van der Waals surface area (Å²) >= 11 is 1.69. The highest BCUT2D eigenvalue weighted by atomic mass is 32.1. The van der Waals surface area contributed by atoms with Crippen molar-refractivity contribution >= 4 is 17.3 Å². The summed E-state index contributed by atoms with van der Waals surface area (Å²) in [6, 6.07) is 11.2. The average molecular weight is 314 g/mol. The standard InChI is InChI=1S/C17H22N4S/c1-12-19-14(11-22-12)10-21(3)17(18-2)20-16-9-15(16)13-7-5-4-6-8-13/h4-8,11,15-16H,9-10H2,1-3H3,(H,18,20). The fourth-order valence-corrected chi connectivity index (χ4v) is 3.34. The minimum Gasteiger partial charge on any atom is -0.353 e. The molecule has 0 amide bonds. The van der Waals surface area contributed by atoms with E-state index < -0.39 is 0 Å². The Kier molecular flexibility index (Phi) is 4.43. The lowest BCUT2D eigenvalue weighted by molar-refractivity contribution is 0.469. The van der Waals surface area contributed by atoms with Crippen LogP contribution >= 0.6 is 11.3 Å². The first-order valence-corrected chi connectivity index (χ1v) is 8.45. The van der Waals surface area contributed by atoms with Crippen LogP contribution in [0.2, 0.25) is 0 Å². The molecular formula is C17H22N4S. The SMILES string of the molecule is CN=C(NC1CC1c1ccccc1)N(C)Cc1csc(C)n1. The second kappa shape index (κ2) is 6.48. The molecular weight excluding hydrogens is 292 g/mol. The van der Waals surface area contributed by atoms with Gasteiger partial charge in [-0.25, -0.2) is 4.98 Å². The quantitative estimate of drug-likeness (QED) is 0.696. The normalized spacial score (nSPS) is 20.8. The molecule has 0 radical (unpaired) electrons. The lowest BCUT2D eigenvalue weighted by Crippen LogP contribution is -2.40. The number of nitrogens with zero attached hydrogens (tertiary/aromatic N) is 3. The van der Waals surface area contributed by atoms with Crippen molar-refractivity contribution < 1.29 is 0 Å². The Balaban J connectivity index is 1.57. The Morgan fingerprint density at radius 2 is 2.18 bits per heavy atom. The third-order valence-corrected chi connectivity index (χ3v) is 4.79. The van der Waals surface area contributed by atoms with Gasteiger partial charge < -0.3 is 10.2 Å². The van der Waals surface area contributed by atoms with Gasteiger partial charge in [-0.05, 0) is 18.9 Å². The van der Waals surface area contributed by atoms with Crippen LogP contribution in [0.5, 0.6) is 0 Å². The molecule has 22 heavy (non-hydrogen) atoms. The van der Waals surface area contributed by atoms with Crippen LogP contribution in [0, 0.1) is 6.92 Å². The van der Waals surface area contributed by atoms with Gasteiger partial charge >= 0.3 is 0 Å². The van der Waals surface area contributed by atoms with Crippen molar-refractivity contribution in [2.45, 2.75) is 31.8 Å². The molecule has 0 bridgehead atoms. The fraction of sp³-hybridized carbons (Fsp3) is 0.412. The zero-order valence-electron chi connectivity index (χ0n) is 13.3. The van der Waals surface area contributed by atoms with E-state index in [4.69, 9.17) is 0 Å². The number of aliphatic imine (C=N–C) groups is 1. The molecule has 0 spiro atoms. The Morgan fingerprint density at radius 1 is 1.41 bits per heavy atom. The zero-order valence-corrected chi connectivity index (χ0v) is 14.1. The molecule has 1 aliphatic rings. The maximum Gasteiger partial charge on any atom is 0.193 e. The molecule has 116 valence electrons. The van der Waals surface area contributed by atoms with Crippen LogP contribution < -0.4 is 5.32 Å². The molecule has 2 aromatic rings. The first-order valence-electron chi connectivity index (χ1n) is 7.58. The zero-order chi connectivity index (χ0) is 15.5. The van der Waals surface area contributed by atoms with Crippen molar-refractivity contribution in [3.63, 3.8) is 0 Å². The van der Waals surface area contributed by atoms with E-state index in [0.29, 0.717) is 12.0 Å². The second-order valence-corrected chi connectivity index (χ2v) is 6.83. The van der Waals surface area contributed by atoms with Crippen molar-refractivity contribution in [1.29, 1.82) is 0 Å². The fourth-order valence-electron chi connectivity index (χ4n) is 2.73. The van der Waals surface area contributed by atoms with Crippen molar-refractivity contribution in [1.82, 2.24) is 15.2 Å². The average Bonchev–Trinajstić information content (AvgIpc) is 3.19. The molecule has 1 saturated carbocycles. The number of hydrogen-bond donors (Lipinski definition) is 1. The summed E-state index contributed by atoms with van der Waals surface area (Å²) < 4.78 is 0. The van der Waals surface area contributed by atoms with Gasteiger partial charge in [-0.15, -0.1) is 11.3 Å². The Hall–Kier alpha value is -1.88. The maximum absolute atomic E-state index is 4.52. The van der Waals surface area contributed by atoms with Crippen molar-refractivity contribution in [3.05, 3.63) is 52.0 Å². The number of nitrogens with one attached hydrogen (secondary N) is 1. The summed E-state index contributed by atoms with van der Waals surface area (Å²) in [4.78, 5) is 11.1. The molecule has 0 saturated heterocycles. The second-order valence-electron chi connectivity index (χ2n) is 5.76. The minimum absolute atomic E-state index is 0.487. The highest BCUT2D eigenvalue weighted by Gasteiger charge is 2.39. The molecule has 5 heteroatoms. The predicted octanol–water partition coefficient (Wildman–Crippen LogP) is 3.01. The van der Waals surface area contributed by atoms with Crippen molar-refractivity contribution in [2.75, 3.05) is 14.1 Å². The van der Waals surface area contributed by atoms with Crippen LogP contribution in [0.15, 0.2) is 40.7 Å². The van der Waals surface area contributed by atoms with Crippen LogP contribution in [-0.4, -0.2) is 36.0 Å². The van der Waals surface area contributed by atoms with E-state index in [9.17, 15) is 0 Å². The van der Waals surface area contributed by atoms with Gasteiger partial charge in [0.2, 0.25) is 0 Å². The number of thiazole rings is 1. The topological polar surface area (TPSA) is 40.5 Å². The lowest BCUT2D eigenvalue weighted by Gasteiger charge is -2.21. The van der Waals surface area contributed by atoms with Gasteiger partial charge in [0.15, 0.2) is 5.96 Å². The van der Waals surface area contributed by atoms with Crippen LogP contribution in [0.4, 0.5) is 0 Å². The molecule has 1 aromatic carbocycles. The smallest absolute Gasteiger partial charge is 0.193 e. The number of hydrogen-bond acceptors (Lipinski definition) is 3. The van der Waals surface area contributed by atoms with E-state index in [1.807, 2.05) is 14.0 Å². The summed E-state index contributed by atoms with van der Waals surface area (Å²) in [5, 5.41) is 6.79. The van der Waals surface area contributed by atoms with Gasteiger partial charge in [-0.2, -0.15) is 0 Å². The highest BCUT2D eigenvalue weighted by molar-refractivity contribution is 7.09. The summed E-state index contributed by atoms with van der Waals surface area (Å²) in [5.74, 6) is 1.54. The molecule has 2 unspecified atom stereocenters. The van der Waals surface area contributed by atoms with Crippen LogP contribution in [0.1, 0.15) is 28.6 Å². The van der Waals surface area contributed by atoms with Crippen molar-refractivity contribution in [3.8, 4) is 0 Å². The van der Waals surface area contributed by atoms with Crippen molar-refractivity contribution in [2.24, 2.45) is 4.99 Å². The molecule has 1 heterocycles. The van der Waals surface area contributed by atoms with Gasteiger partial charge in [-0.1, -0.05) is 30.3 Å². The largest absolute Gasteiger partial charge is 0.353 e. The first kappa shape index (κ1) is 15.0. The van der Waals surface area contributed by atoms with Gasteiger partial charge in [0.1, 0.15) is 0 Å². The van der Waals surface area contributed by atoms with Gasteiger partial charge in [0, 0.05) is 31.4 Å². The molecule has 4 nitrogen and oxygen atoms in total. The molecule has 1 aromatic heterocycles. The monoisotopic (exact) mass is 314 g/mol. The Bertz CT molecular complexity index is 650. The van der Waals surface area contributed by atoms with Gasteiger partial charge in [0.25, 0.3) is 0 Å². The van der Waals surface area contributed by atoms with E-state index in [-0.39, 0.29) is 0 Å². The Morgan fingerprint density at radius 3 is 2.82 bits per heavy atom. The minimum atomic E-state index is 0.487. The van der Waals surface area contributed by atoms with E-state index in [1.54, 1.807) is 11.3 Å². The van der Waals surface area contributed by atoms with E-state index in [2.05, 4.69) is 63.0 Å². The number of guanidine groups is 1. The highest BCUT2D eigenvalue weighted by Crippen LogP contribution is 2.40. The molecule has 1 N–H and O–H groups in total. The molecule has 3 rings (SSSR count). The van der Waals surface area contributed by atoms with Gasteiger partial charge in [-0.3, -0.25) is 4.99 Å². The molecule has 1 fully saturated rings. The Labute approximate surface area is 135 Å². The van der Waals surface area contributed by atoms with E-state index in [0.717, 1.165) is 23.2 Å². The lowest BCUT2D eigenvalue weighted by atomic mass is 10.1. The van der Waals surface area contributed by atoms with Gasteiger partial charge in [0.05, 0.1) is 17.2 Å². The first-order chi connectivity index (χ1) is 10.7. The van der Waals surface area contributed by atoms with Crippen LogP contribution in [0.3, 0.4) is 0 Å². The van der Waals surface area contributed by atoms with Crippen LogP contribution in [0.25, 0.3) is 0 Å². The third-order valence-electron chi connectivity index (χ3n) is 3.97.